The molecule has 1 aliphatic rings. The van der Waals surface area contributed by atoms with Gasteiger partial charge in [0.15, 0.2) is 0 Å². The highest BCUT2D eigenvalue weighted by molar-refractivity contribution is 5.48. The maximum absolute atomic E-state index is 9.62. The van der Waals surface area contributed by atoms with E-state index >= 15 is 0 Å². The van der Waals surface area contributed by atoms with Crippen molar-refractivity contribution in [3.8, 4) is 0 Å². The number of aliphatic hydroxyl groups is 1. The van der Waals surface area contributed by atoms with Gasteiger partial charge in [0.25, 0.3) is 0 Å². The van der Waals surface area contributed by atoms with Crippen LogP contribution in [-0.2, 0) is 4.74 Å². The van der Waals surface area contributed by atoms with Gasteiger partial charge in [-0.1, -0.05) is 0 Å². The van der Waals surface area contributed by atoms with Gasteiger partial charge in [0.1, 0.15) is 17.5 Å². The van der Waals surface area contributed by atoms with Crippen molar-refractivity contribution in [1.82, 2.24) is 9.97 Å². The van der Waals surface area contributed by atoms with Gasteiger partial charge in [-0.3, -0.25) is 0 Å². The molecular weight excluding hydrogens is 232 g/mol. The highest BCUT2D eigenvalue weighted by atomic mass is 16.5. The van der Waals surface area contributed by atoms with Crippen LogP contribution in [0.25, 0.3) is 0 Å². The Hall–Kier alpha value is -1.40. The van der Waals surface area contributed by atoms with Crippen LogP contribution in [0.5, 0.6) is 0 Å². The van der Waals surface area contributed by atoms with E-state index in [0.29, 0.717) is 19.0 Å². The van der Waals surface area contributed by atoms with Crippen LogP contribution in [0.3, 0.4) is 0 Å². The van der Waals surface area contributed by atoms with E-state index in [0.717, 1.165) is 24.5 Å². The van der Waals surface area contributed by atoms with Gasteiger partial charge < -0.3 is 20.5 Å². The zero-order chi connectivity index (χ0) is 13.0. The summed E-state index contributed by atoms with van der Waals surface area (Å²) >= 11 is 0. The molecule has 1 aliphatic heterocycles. The molecule has 2 heterocycles. The average molecular weight is 252 g/mol. The summed E-state index contributed by atoms with van der Waals surface area (Å²) in [7, 11) is 1.82. The van der Waals surface area contributed by atoms with Gasteiger partial charge >= 0.3 is 0 Å². The number of aromatic nitrogens is 2. The lowest BCUT2D eigenvalue weighted by Gasteiger charge is -2.36. The summed E-state index contributed by atoms with van der Waals surface area (Å²) in [6.45, 7) is 3.25. The smallest absolute Gasteiger partial charge is 0.132 e. The molecule has 0 aliphatic carbocycles. The second-order valence-electron chi connectivity index (χ2n) is 4.61. The van der Waals surface area contributed by atoms with Crippen LogP contribution in [0.15, 0.2) is 6.07 Å². The number of aryl methyl sites for hydroxylation is 1. The SMILES string of the molecule is CNc1cc(NC2(CO)CCOCC2)nc(C)n1. The summed E-state index contributed by atoms with van der Waals surface area (Å²) in [4.78, 5) is 8.60. The van der Waals surface area contributed by atoms with Crippen molar-refractivity contribution in [3.63, 3.8) is 0 Å². The van der Waals surface area contributed by atoms with E-state index in [2.05, 4.69) is 20.6 Å². The van der Waals surface area contributed by atoms with Crippen molar-refractivity contribution < 1.29 is 9.84 Å². The summed E-state index contributed by atoms with van der Waals surface area (Å²) in [5, 5.41) is 16.0. The van der Waals surface area contributed by atoms with Crippen LogP contribution in [0, 0.1) is 6.92 Å². The largest absolute Gasteiger partial charge is 0.394 e. The van der Waals surface area contributed by atoms with Crippen molar-refractivity contribution in [2.75, 3.05) is 37.5 Å². The van der Waals surface area contributed by atoms with E-state index in [9.17, 15) is 5.11 Å². The number of ether oxygens (including phenoxy) is 1. The molecular formula is C12H20N4O2. The highest BCUT2D eigenvalue weighted by Crippen LogP contribution is 2.25. The second-order valence-corrected chi connectivity index (χ2v) is 4.61. The first kappa shape index (κ1) is 13.0. The van der Waals surface area contributed by atoms with Crippen LogP contribution in [0.1, 0.15) is 18.7 Å². The van der Waals surface area contributed by atoms with Gasteiger partial charge in [-0.15, -0.1) is 0 Å². The summed E-state index contributed by atoms with van der Waals surface area (Å²) in [6, 6.07) is 1.85. The lowest BCUT2D eigenvalue weighted by atomic mass is 9.91. The predicted octanol–water partition coefficient (Wildman–Crippen LogP) is 0.780. The predicted molar refractivity (Wildman–Crippen MR) is 69.8 cm³/mol. The lowest BCUT2D eigenvalue weighted by molar-refractivity contribution is 0.0378. The summed E-state index contributed by atoms with van der Waals surface area (Å²) in [5.41, 5.74) is -0.329. The number of hydrogen-bond acceptors (Lipinski definition) is 6. The third-order valence-corrected chi connectivity index (χ3v) is 3.24. The molecule has 0 aromatic carbocycles. The van der Waals surface area contributed by atoms with Crippen molar-refractivity contribution in [2.24, 2.45) is 0 Å². The molecule has 1 aromatic rings. The van der Waals surface area contributed by atoms with E-state index in [1.54, 1.807) is 0 Å². The summed E-state index contributed by atoms with van der Waals surface area (Å²) < 4.78 is 5.34. The molecule has 0 saturated carbocycles. The first-order valence-corrected chi connectivity index (χ1v) is 6.18. The number of rotatable bonds is 4. The molecule has 0 amide bonds. The molecule has 3 N–H and O–H groups in total. The topological polar surface area (TPSA) is 79.3 Å². The molecule has 0 unspecified atom stereocenters. The summed E-state index contributed by atoms with van der Waals surface area (Å²) in [6.07, 6.45) is 1.56. The highest BCUT2D eigenvalue weighted by Gasteiger charge is 2.32. The normalized spacial score (nSPS) is 18.4. The lowest BCUT2D eigenvalue weighted by Crippen LogP contribution is -2.47. The van der Waals surface area contributed by atoms with Gasteiger partial charge in [0, 0.05) is 26.3 Å². The van der Waals surface area contributed by atoms with E-state index in [1.165, 1.54) is 0 Å². The Labute approximate surface area is 107 Å². The number of nitrogens with one attached hydrogen (secondary N) is 2. The van der Waals surface area contributed by atoms with E-state index in [1.807, 2.05) is 20.0 Å². The van der Waals surface area contributed by atoms with Crippen LogP contribution < -0.4 is 10.6 Å². The fourth-order valence-corrected chi connectivity index (χ4v) is 2.12. The molecule has 1 aromatic heterocycles. The first-order chi connectivity index (χ1) is 8.67. The van der Waals surface area contributed by atoms with Crippen LogP contribution in [0.2, 0.25) is 0 Å². The van der Waals surface area contributed by atoms with Gasteiger partial charge in [-0.25, -0.2) is 9.97 Å². The van der Waals surface area contributed by atoms with E-state index < -0.39 is 0 Å². The number of aliphatic hydroxyl groups excluding tert-OH is 1. The third-order valence-electron chi connectivity index (χ3n) is 3.24. The molecule has 6 heteroatoms. The standard InChI is InChI=1S/C12H20N4O2/c1-9-14-10(13-2)7-11(15-9)16-12(8-17)3-5-18-6-4-12/h7,17H,3-6,8H2,1-2H3,(H2,13,14,15,16). The zero-order valence-corrected chi connectivity index (χ0v) is 10.9. The molecule has 1 saturated heterocycles. The molecule has 0 radical (unpaired) electrons. The molecule has 2 rings (SSSR count). The van der Waals surface area contributed by atoms with Crippen molar-refractivity contribution in [2.45, 2.75) is 25.3 Å². The number of anilines is 2. The van der Waals surface area contributed by atoms with Gasteiger partial charge in [0.2, 0.25) is 0 Å². The number of hydrogen-bond donors (Lipinski definition) is 3. The third kappa shape index (κ3) is 2.88. The Morgan fingerprint density at radius 2 is 2.00 bits per heavy atom. The molecule has 1 fully saturated rings. The Balaban J connectivity index is 2.18. The molecule has 100 valence electrons. The maximum atomic E-state index is 9.62. The molecule has 0 spiro atoms. The minimum absolute atomic E-state index is 0.0777. The minimum Gasteiger partial charge on any atom is -0.394 e. The fraction of sp³-hybridized carbons (Fsp3) is 0.667. The van der Waals surface area contributed by atoms with Gasteiger partial charge in [-0.2, -0.15) is 0 Å². The molecule has 6 nitrogen and oxygen atoms in total. The Morgan fingerprint density at radius 1 is 1.33 bits per heavy atom. The van der Waals surface area contributed by atoms with Crippen molar-refractivity contribution >= 4 is 11.6 Å². The van der Waals surface area contributed by atoms with Crippen LogP contribution in [0.4, 0.5) is 11.6 Å². The first-order valence-electron chi connectivity index (χ1n) is 6.18. The van der Waals surface area contributed by atoms with Crippen molar-refractivity contribution in [3.05, 3.63) is 11.9 Å². The number of nitrogens with zero attached hydrogens (tertiary/aromatic N) is 2. The maximum Gasteiger partial charge on any atom is 0.132 e. The van der Waals surface area contributed by atoms with Crippen molar-refractivity contribution in [1.29, 1.82) is 0 Å². The van der Waals surface area contributed by atoms with Gasteiger partial charge in [0.05, 0.1) is 12.1 Å². The Morgan fingerprint density at radius 3 is 2.61 bits per heavy atom. The van der Waals surface area contributed by atoms with E-state index in [-0.39, 0.29) is 12.1 Å². The minimum atomic E-state index is -0.329. The fourth-order valence-electron chi connectivity index (χ4n) is 2.12. The summed E-state index contributed by atoms with van der Waals surface area (Å²) in [5.74, 6) is 2.21. The monoisotopic (exact) mass is 252 g/mol. The Kier molecular flexibility index (Phi) is 3.98. The van der Waals surface area contributed by atoms with Crippen LogP contribution in [-0.4, -0.2) is 47.5 Å². The average Bonchev–Trinajstić information content (AvgIpc) is 2.39. The molecule has 0 atom stereocenters. The second kappa shape index (κ2) is 5.49. The molecule has 0 bridgehead atoms. The molecule has 18 heavy (non-hydrogen) atoms. The Bertz CT molecular complexity index is 405. The van der Waals surface area contributed by atoms with Gasteiger partial charge in [-0.05, 0) is 19.8 Å². The van der Waals surface area contributed by atoms with Crippen LogP contribution >= 0.6 is 0 Å². The zero-order valence-electron chi connectivity index (χ0n) is 10.9. The quantitative estimate of drug-likeness (QED) is 0.735. The van der Waals surface area contributed by atoms with E-state index in [4.69, 9.17) is 4.74 Å².